The van der Waals surface area contributed by atoms with Crippen LogP contribution in [0.5, 0.6) is 0 Å². The summed E-state index contributed by atoms with van der Waals surface area (Å²) in [5, 5.41) is 0. The molecular weight excluding hydrogens is 160 g/mol. The lowest BCUT2D eigenvalue weighted by molar-refractivity contribution is -0.125. The summed E-state index contributed by atoms with van der Waals surface area (Å²) in [7, 11) is 0. The summed E-state index contributed by atoms with van der Waals surface area (Å²) in [4.78, 5) is 11.5. The highest BCUT2D eigenvalue weighted by Crippen LogP contribution is 2.27. The average Bonchev–Trinajstić information content (AvgIpc) is 2.09. The fourth-order valence-corrected chi connectivity index (χ4v) is 2.40. The molecule has 0 unspecified atom stereocenters. The Bertz CT molecular complexity index is 163. The molecule has 1 heteroatoms. The van der Waals surface area contributed by atoms with Crippen LogP contribution in [0.2, 0.25) is 0 Å². The topological polar surface area (TPSA) is 17.1 Å². The molecule has 1 aliphatic carbocycles. The van der Waals surface area contributed by atoms with Gasteiger partial charge in [-0.15, -0.1) is 0 Å². The quantitative estimate of drug-likeness (QED) is 0.649. The van der Waals surface area contributed by atoms with Crippen molar-refractivity contribution in [2.75, 3.05) is 0 Å². The Morgan fingerprint density at radius 1 is 1.46 bits per heavy atom. The third-order valence-corrected chi connectivity index (χ3v) is 3.15. The van der Waals surface area contributed by atoms with Crippen LogP contribution < -0.4 is 0 Å². The van der Waals surface area contributed by atoms with E-state index in [2.05, 4.69) is 13.8 Å². The average molecular weight is 182 g/mol. The van der Waals surface area contributed by atoms with Gasteiger partial charge in [0, 0.05) is 12.3 Å². The van der Waals surface area contributed by atoms with Crippen LogP contribution in [-0.2, 0) is 4.79 Å². The van der Waals surface area contributed by atoms with E-state index in [9.17, 15) is 4.79 Å². The van der Waals surface area contributed by atoms with Crippen LogP contribution >= 0.6 is 0 Å². The summed E-state index contributed by atoms with van der Waals surface area (Å²) in [6.45, 7) is 4.50. The Morgan fingerprint density at radius 3 is 2.85 bits per heavy atom. The minimum atomic E-state index is 0.412. The number of carbonyl (C=O) groups is 1. The van der Waals surface area contributed by atoms with Gasteiger partial charge in [-0.1, -0.05) is 33.1 Å². The van der Waals surface area contributed by atoms with Gasteiger partial charge in [0.25, 0.3) is 0 Å². The molecule has 1 aliphatic rings. The molecule has 13 heavy (non-hydrogen) atoms. The number of Topliss-reactive ketones (excluding diaryl/α,β-unsaturated/α-hetero) is 1. The van der Waals surface area contributed by atoms with Gasteiger partial charge in [-0.3, -0.25) is 4.79 Å². The highest BCUT2D eigenvalue weighted by molar-refractivity contribution is 5.81. The van der Waals surface area contributed by atoms with Gasteiger partial charge in [0.1, 0.15) is 5.78 Å². The van der Waals surface area contributed by atoms with Crippen LogP contribution in [0.1, 0.15) is 58.8 Å². The van der Waals surface area contributed by atoms with Crippen molar-refractivity contribution in [1.82, 2.24) is 0 Å². The molecule has 0 aromatic heterocycles. The fourth-order valence-electron chi connectivity index (χ4n) is 2.40. The molecular formula is C12H22O. The van der Waals surface area contributed by atoms with Crippen molar-refractivity contribution < 1.29 is 4.79 Å². The molecule has 2 atom stereocenters. The number of ketones is 1. The van der Waals surface area contributed by atoms with Crippen molar-refractivity contribution in [3.05, 3.63) is 0 Å². The number of hydrogen-bond donors (Lipinski definition) is 0. The highest BCUT2D eigenvalue weighted by atomic mass is 16.1. The molecule has 1 rings (SSSR count). The summed E-state index contributed by atoms with van der Waals surface area (Å²) in [5.41, 5.74) is 0. The van der Waals surface area contributed by atoms with Crippen LogP contribution in [0.4, 0.5) is 0 Å². The lowest BCUT2D eigenvalue weighted by Gasteiger charge is -2.23. The molecule has 0 radical (unpaired) electrons. The molecule has 1 saturated carbocycles. The van der Waals surface area contributed by atoms with Crippen molar-refractivity contribution in [1.29, 1.82) is 0 Å². The van der Waals surface area contributed by atoms with E-state index in [1.165, 1.54) is 19.3 Å². The van der Waals surface area contributed by atoms with E-state index in [0.29, 0.717) is 11.7 Å². The Hall–Kier alpha value is -0.330. The first-order valence-corrected chi connectivity index (χ1v) is 5.76. The van der Waals surface area contributed by atoms with Gasteiger partial charge in [-0.05, 0) is 25.2 Å². The second-order valence-electron chi connectivity index (χ2n) is 4.54. The van der Waals surface area contributed by atoms with Gasteiger partial charge in [0.05, 0.1) is 0 Å². The van der Waals surface area contributed by atoms with Crippen molar-refractivity contribution in [2.45, 2.75) is 58.8 Å². The van der Waals surface area contributed by atoms with E-state index in [0.717, 1.165) is 31.6 Å². The maximum absolute atomic E-state index is 11.5. The Kier molecular flexibility index (Phi) is 4.47. The second kappa shape index (κ2) is 5.41. The highest BCUT2D eigenvalue weighted by Gasteiger charge is 2.23. The van der Waals surface area contributed by atoms with Gasteiger partial charge in [0.15, 0.2) is 0 Å². The van der Waals surface area contributed by atoms with E-state index in [1.54, 1.807) is 0 Å². The van der Waals surface area contributed by atoms with Crippen LogP contribution in [0.25, 0.3) is 0 Å². The van der Waals surface area contributed by atoms with Crippen LogP contribution in [0.15, 0.2) is 0 Å². The van der Waals surface area contributed by atoms with Crippen LogP contribution in [-0.4, -0.2) is 5.78 Å². The zero-order chi connectivity index (χ0) is 9.68. The third-order valence-electron chi connectivity index (χ3n) is 3.15. The van der Waals surface area contributed by atoms with Gasteiger partial charge in [-0.25, -0.2) is 0 Å². The zero-order valence-corrected chi connectivity index (χ0v) is 9.01. The maximum Gasteiger partial charge on any atom is 0.135 e. The van der Waals surface area contributed by atoms with Gasteiger partial charge < -0.3 is 0 Å². The standard InChI is InChI=1S/C12H22O/c1-3-6-10(2)9-11-7-4-5-8-12(11)13/h10-11H,3-9H2,1-2H3/t10-,11-/m1/s1. The minimum absolute atomic E-state index is 0.412. The van der Waals surface area contributed by atoms with E-state index >= 15 is 0 Å². The monoisotopic (exact) mass is 182 g/mol. The molecule has 0 bridgehead atoms. The van der Waals surface area contributed by atoms with Crippen LogP contribution in [0, 0.1) is 11.8 Å². The van der Waals surface area contributed by atoms with Crippen molar-refractivity contribution in [2.24, 2.45) is 11.8 Å². The maximum atomic E-state index is 11.5. The molecule has 1 fully saturated rings. The summed E-state index contributed by atoms with van der Waals surface area (Å²) in [6.07, 6.45) is 8.10. The first kappa shape index (κ1) is 10.7. The summed E-state index contributed by atoms with van der Waals surface area (Å²) >= 11 is 0. The first-order chi connectivity index (χ1) is 6.24. The van der Waals surface area contributed by atoms with Crippen molar-refractivity contribution >= 4 is 5.78 Å². The largest absolute Gasteiger partial charge is 0.299 e. The predicted octanol–water partition coefficient (Wildman–Crippen LogP) is 3.57. The fraction of sp³-hybridized carbons (Fsp3) is 0.917. The summed E-state index contributed by atoms with van der Waals surface area (Å²) in [6, 6.07) is 0. The molecule has 0 aromatic rings. The zero-order valence-electron chi connectivity index (χ0n) is 9.01. The van der Waals surface area contributed by atoms with E-state index < -0.39 is 0 Å². The Morgan fingerprint density at radius 2 is 2.23 bits per heavy atom. The van der Waals surface area contributed by atoms with Gasteiger partial charge in [0.2, 0.25) is 0 Å². The van der Waals surface area contributed by atoms with Crippen LogP contribution in [0.3, 0.4) is 0 Å². The first-order valence-electron chi connectivity index (χ1n) is 5.76. The Labute approximate surface area is 81.9 Å². The number of rotatable bonds is 4. The SMILES string of the molecule is CCC[C@@H](C)C[C@H]1CCCCC1=O. The molecule has 0 aliphatic heterocycles. The van der Waals surface area contributed by atoms with Gasteiger partial charge >= 0.3 is 0 Å². The number of carbonyl (C=O) groups excluding carboxylic acids is 1. The molecule has 0 amide bonds. The molecule has 0 aromatic carbocycles. The predicted molar refractivity (Wildman–Crippen MR) is 55.7 cm³/mol. The smallest absolute Gasteiger partial charge is 0.135 e. The molecule has 1 nitrogen and oxygen atoms in total. The van der Waals surface area contributed by atoms with E-state index in [1.807, 2.05) is 0 Å². The lowest BCUT2D eigenvalue weighted by Crippen LogP contribution is -2.21. The lowest BCUT2D eigenvalue weighted by atomic mass is 9.81. The second-order valence-corrected chi connectivity index (χ2v) is 4.54. The van der Waals surface area contributed by atoms with Gasteiger partial charge in [-0.2, -0.15) is 0 Å². The number of hydrogen-bond acceptors (Lipinski definition) is 1. The van der Waals surface area contributed by atoms with E-state index in [-0.39, 0.29) is 0 Å². The third kappa shape index (κ3) is 3.50. The van der Waals surface area contributed by atoms with E-state index in [4.69, 9.17) is 0 Å². The molecule has 0 heterocycles. The van der Waals surface area contributed by atoms with Crippen molar-refractivity contribution in [3.63, 3.8) is 0 Å². The molecule has 0 saturated heterocycles. The Balaban J connectivity index is 2.29. The summed E-state index contributed by atoms with van der Waals surface area (Å²) in [5.74, 6) is 1.70. The minimum Gasteiger partial charge on any atom is -0.299 e. The summed E-state index contributed by atoms with van der Waals surface area (Å²) < 4.78 is 0. The molecule has 0 N–H and O–H groups in total. The normalized spacial score (nSPS) is 26.0. The van der Waals surface area contributed by atoms with Crippen molar-refractivity contribution in [3.8, 4) is 0 Å². The molecule has 0 spiro atoms. The molecule has 76 valence electrons.